The minimum absolute atomic E-state index is 0.123. The van der Waals surface area contributed by atoms with Crippen molar-refractivity contribution >= 4 is 17.7 Å². The molecular weight excluding hydrogens is 404 g/mol. The van der Waals surface area contributed by atoms with Gasteiger partial charge in [-0.25, -0.2) is 4.68 Å². The SMILES string of the molecule is Cc1c(NC(=O)/C(C#N)=C\c2cn[nH]c2-c2ccccc2)c(=O)n(-c2ccccc2)n1C. The van der Waals surface area contributed by atoms with E-state index < -0.39 is 5.91 Å². The van der Waals surface area contributed by atoms with Crippen LogP contribution >= 0.6 is 0 Å². The normalized spacial score (nSPS) is 11.2. The maximum absolute atomic E-state index is 13.0. The van der Waals surface area contributed by atoms with Crippen LogP contribution in [0.2, 0.25) is 0 Å². The standard InChI is InChI=1S/C24H20N6O2/c1-16-21(24(32)30(29(16)2)20-11-7-4-8-12-20)27-23(31)18(14-25)13-19-15-26-28-22(19)17-9-5-3-6-10-17/h3-13,15H,1-2H3,(H,26,28)(H,27,31)/b18-13-. The van der Waals surface area contributed by atoms with Gasteiger partial charge in [-0.1, -0.05) is 48.5 Å². The first-order valence-electron chi connectivity index (χ1n) is 9.87. The number of amides is 1. The molecule has 8 nitrogen and oxygen atoms in total. The molecule has 2 aromatic carbocycles. The number of carbonyl (C=O) groups excluding carboxylic acids is 1. The van der Waals surface area contributed by atoms with Gasteiger partial charge in [0.05, 0.1) is 23.3 Å². The molecule has 1 amide bonds. The fourth-order valence-corrected chi connectivity index (χ4v) is 3.44. The van der Waals surface area contributed by atoms with E-state index in [0.717, 1.165) is 5.56 Å². The van der Waals surface area contributed by atoms with Crippen molar-refractivity contribution in [2.24, 2.45) is 7.05 Å². The van der Waals surface area contributed by atoms with Crippen molar-refractivity contribution in [1.29, 1.82) is 5.26 Å². The van der Waals surface area contributed by atoms with Gasteiger partial charge in [-0.2, -0.15) is 10.4 Å². The summed E-state index contributed by atoms with van der Waals surface area (Å²) in [6, 6.07) is 20.5. The Morgan fingerprint density at radius 2 is 1.78 bits per heavy atom. The van der Waals surface area contributed by atoms with Crippen LogP contribution in [-0.4, -0.2) is 25.5 Å². The van der Waals surface area contributed by atoms with E-state index in [9.17, 15) is 14.9 Å². The second-order valence-electron chi connectivity index (χ2n) is 7.13. The predicted octanol–water partition coefficient (Wildman–Crippen LogP) is 3.42. The Bertz CT molecular complexity index is 1400. The largest absolute Gasteiger partial charge is 0.315 e. The van der Waals surface area contributed by atoms with E-state index in [-0.39, 0.29) is 16.8 Å². The second-order valence-corrected chi connectivity index (χ2v) is 7.13. The zero-order valence-electron chi connectivity index (χ0n) is 17.5. The lowest BCUT2D eigenvalue weighted by atomic mass is 10.1. The van der Waals surface area contributed by atoms with Crippen LogP contribution in [0, 0.1) is 18.3 Å². The average molecular weight is 424 g/mol. The molecule has 0 saturated carbocycles. The highest BCUT2D eigenvalue weighted by Crippen LogP contribution is 2.23. The number of aromatic amines is 1. The number of nitrogens with one attached hydrogen (secondary N) is 2. The lowest BCUT2D eigenvalue weighted by Gasteiger charge is -2.07. The summed E-state index contributed by atoms with van der Waals surface area (Å²) in [4.78, 5) is 25.9. The number of para-hydroxylation sites is 1. The molecule has 2 N–H and O–H groups in total. The van der Waals surface area contributed by atoms with Crippen molar-refractivity contribution < 1.29 is 4.79 Å². The van der Waals surface area contributed by atoms with Crippen LogP contribution in [0.15, 0.2) is 77.2 Å². The maximum atomic E-state index is 13.0. The Balaban J connectivity index is 1.67. The number of anilines is 1. The maximum Gasteiger partial charge on any atom is 0.295 e. The summed E-state index contributed by atoms with van der Waals surface area (Å²) < 4.78 is 3.12. The number of benzene rings is 2. The quantitative estimate of drug-likeness (QED) is 0.378. The molecule has 0 fully saturated rings. The summed E-state index contributed by atoms with van der Waals surface area (Å²) in [5.74, 6) is -0.668. The van der Waals surface area contributed by atoms with E-state index in [0.29, 0.717) is 22.6 Å². The van der Waals surface area contributed by atoms with Crippen LogP contribution in [-0.2, 0) is 11.8 Å². The van der Waals surface area contributed by atoms with Crippen LogP contribution in [0.3, 0.4) is 0 Å². The third kappa shape index (κ3) is 3.75. The predicted molar refractivity (Wildman–Crippen MR) is 122 cm³/mol. The van der Waals surface area contributed by atoms with Gasteiger partial charge in [0.1, 0.15) is 17.3 Å². The van der Waals surface area contributed by atoms with E-state index in [4.69, 9.17) is 0 Å². The van der Waals surface area contributed by atoms with Crippen LogP contribution in [0.5, 0.6) is 0 Å². The minimum atomic E-state index is -0.668. The Morgan fingerprint density at radius 1 is 1.12 bits per heavy atom. The molecule has 0 saturated heterocycles. The number of aromatic nitrogens is 4. The highest BCUT2D eigenvalue weighted by atomic mass is 16.2. The Kier molecular flexibility index (Phi) is 5.55. The zero-order valence-corrected chi connectivity index (χ0v) is 17.5. The van der Waals surface area contributed by atoms with Gasteiger partial charge in [-0.3, -0.25) is 19.4 Å². The van der Waals surface area contributed by atoms with E-state index in [1.807, 2.05) is 54.6 Å². The third-order valence-electron chi connectivity index (χ3n) is 5.19. The number of H-pyrrole nitrogens is 1. The average Bonchev–Trinajstić information content (AvgIpc) is 3.37. The Labute approximate surface area is 184 Å². The third-order valence-corrected chi connectivity index (χ3v) is 5.19. The second kappa shape index (κ2) is 8.62. The monoisotopic (exact) mass is 424 g/mol. The van der Waals surface area contributed by atoms with Gasteiger partial charge in [0.25, 0.3) is 11.5 Å². The van der Waals surface area contributed by atoms with Gasteiger partial charge in [0, 0.05) is 18.2 Å². The number of nitriles is 1. The van der Waals surface area contributed by atoms with Gasteiger partial charge in [0.15, 0.2) is 0 Å². The molecule has 32 heavy (non-hydrogen) atoms. The molecule has 0 bridgehead atoms. The molecule has 2 heterocycles. The number of hydrogen-bond acceptors (Lipinski definition) is 4. The molecule has 0 spiro atoms. The molecule has 8 heteroatoms. The van der Waals surface area contributed by atoms with Gasteiger partial charge < -0.3 is 5.32 Å². The topological polar surface area (TPSA) is 108 Å². The number of rotatable bonds is 5. The van der Waals surface area contributed by atoms with Crippen molar-refractivity contribution in [2.45, 2.75) is 6.92 Å². The first kappa shape index (κ1) is 20.6. The molecule has 4 aromatic rings. The van der Waals surface area contributed by atoms with Gasteiger partial charge in [0.2, 0.25) is 0 Å². The van der Waals surface area contributed by atoms with Gasteiger partial charge in [-0.15, -0.1) is 0 Å². The van der Waals surface area contributed by atoms with E-state index in [2.05, 4.69) is 15.5 Å². The summed E-state index contributed by atoms with van der Waals surface area (Å²) in [5.41, 5.74) is 3.00. The molecule has 0 radical (unpaired) electrons. The molecule has 0 aliphatic carbocycles. The molecule has 4 rings (SSSR count). The highest BCUT2D eigenvalue weighted by molar-refractivity contribution is 6.10. The van der Waals surface area contributed by atoms with E-state index >= 15 is 0 Å². The lowest BCUT2D eigenvalue weighted by molar-refractivity contribution is -0.112. The molecule has 0 atom stereocenters. The van der Waals surface area contributed by atoms with Crippen LogP contribution in [0.4, 0.5) is 5.69 Å². The summed E-state index contributed by atoms with van der Waals surface area (Å²) in [5, 5.41) is 19.2. The molecule has 158 valence electrons. The molecule has 0 aliphatic heterocycles. The first-order valence-corrected chi connectivity index (χ1v) is 9.87. The minimum Gasteiger partial charge on any atom is -0.315 e. The van der Waals surface area contributed by atoms with Crippen LogP contribution in [0.1, 0.15) is 11.3 Å². The fraction of sp³-hybridized carbons (Fsp3) is 0.0833. The lowest BCUT2D eigenvalue weighted by Crippen LogP contribution is -2.23. The highest BCUT2D eigenvalue weighted by Gasteiger charge is 2.20. The molecule has 2 aromatic heterocycles. The van der Waals surface area contributed by atoms with Crippen molar-refractivity contribution in [3.05, 3.63) is 94.0 Å². The van der Waals surface area contributed by atoms with Crippen LogP contribution in [0.25, 0.3) is 23.0 Å². The molecule has 0 aliphatic rings. The smallest absolute Gasteiger partial charge is 0.295 e. The van der Waals surface area contributed by atoms with Crippen LogP contribution < -0.4 is 10.9 Å². The van der Waals surface area contributed by atoms with Crippen molar-refractivity contribution in [3.8, 4) is 23.0 Å². The van der Waals surface area contributed by atoms with Crippen molar-refractivity contribution in [3.63, 3.8) is 0 Å². The first-order chi connectivity index (χ1) is 15.5. The summed E-state index contributed by atoms with van der Waals surface area (Å²) >= 11 is 0. The Morgan fingerprint density at radius 3 is 2.44 bits per heavy atom. The zero-order chi connectivity index (χ0) is 22.7. The Hall–Kier alpha value is -4.64. The van der Waals surface area contributed by atoms with Gasteiger partial charge >= 0.3 is 0 Å². The summed E-state index contributed by atoms with van der Waals surface area (Å²) in [6.07, 6.45) is 3.00. The van der Waals surface area contributed by atoms with Crippen molar-refractivity contribution in [2.75, 3.05) is 5.32 Å². The van der Waals surface area contributed by atoms with E-state index in [1.54, 1.807) is 37.0 Å². The number of hydrogen-bond donors (Lipinski definition) is 2. The number of nitrogens with zero attached hydrogens (tertiary/aromatic N) is 4. The molecular formula is C24H20N6O2. The van der Waals surface area contributed by atoms with Crippen molar-refractivity contribution in [1.82, 2.24) is 19.6 Å². The summed E-state index contributed by atoms with van der Waals surface area (Å²) in [7, 11) is 1.73. The summed E-state index contributed by atoms with van der Waals surface area (Å²) in [6.45, 7) is 1.73. The number of carbonyl (C=O) groups is 1. The van der Waals surface area contributed by atoms with E-state index in [1.165, 1.54) is 10.8 Å². The van der Waals surface area contributed by atoms with Gasteiger partial charge in [-0.05, 0) is 25.1 Å². The fourth-order valence-electron chi connectivity index (χ4n) is 3.44. The molecule has 0 unspecified atom stereocenters.